The summed E-state index contributed by atoms with van der Waals surface area (Å²) in [7, 11) is 0. The lowest BCUT2D eigenvalue weighted by atomic mass is 10.2. The highest BCUT2D eigenvalue weighted by Gasteiger charge is 2.41. The van der Waals surface area contributed by atoms with Crippen LogP contribution in [0.2, 0.25) is 0 Å². The van der Waals surface area contributed by atoms with E-state index in [0.29, 0.717) is 23.8 Å². The Morgan fingerprint density at radius 1 is 1.67 bits per heavy atom. The van der Waals surface area contributed by atoms with Crippen molar-refractivity contribution in [2.45, 2.75) is 44.6 Å². The van der Waals surface area contributed by atoms with E-state index in [2.05, 4.69) is 10.3 Å². The summed E-state index contributed by atoms with van der Waals surface area (Å²) in [5.41, 5.74) is 0. The molecule has 2 heterocycles. The zero-order valence-electron chi connectivity index (χ0n) is 12.2. The van der Waals surface area contributed by atoms with Crippen LogP contribution in [0.15, 0.2) is 10.6 Å². The summed E-state index contributed by atoms with van der Waals surface area (Å²) < 4.78 is 5.37. The van der Waals surface area contributed by atoms with Crippen molar-refractivity contribution in [3.63, 3.8) is 0 Å². The molecule has 1 aromatic heterocycles. The molecule has 2 amide bonds. The van der Waals surface area contributed by atoms with Crippen molar-refractivity contribution < 1.29 is 19.1 Å². The van der Waals surface area contributed by atoms with Crippen molar-refractivity contribution >= 4 is 23.8 Å². The second-order valence-electron chi connectivity index (χ2n) is 4.94. The fourth-order valence-electron chi connectivity index (χ4n) is 2.23. The number of nitrogens with one attached hydrogen (secondary N) is 1. The number of carbonyl (C=O) groups is 2. The highest BCUT2D eigenvalue weighted by Crippen LogP contribution is 2.31. The lowest BCUT2D eigenvalue weighted by Gasteiger charge is -2.27. The maximum atomic E-state index is 12.4. The summed E-state index contributed by atoms with van der Waals surface area (Å²) in [6.45, 7) is 5.46. The molecule has 1 fully saturated rings. The average Bonchev–Trinajstić information content (AvgIpc) is 3.03. The molecule has 21 heavy (non-hydrogen) atoms. The highest BCUT2D eigenvalue weighted by molar-refractivity contribution is 8.00. The van der Waals surface area contributed by atoms with E-state index in [9.17, 15) is 14.7 Å². The van der Waals surface area contributed by atoms with Gasteiger partial charge < -0.3 is 14.8 Å². The molecule has 2 N–H and O–H groups in total. The quantitative estimate of drug-likeness (QED) is 0.882. The molecule has 0 saturated carbocycles. The van der Waals surface area contributed by atoms with Gasteiger partial charge in [-0.2, -0.15) is 0 Å². The second-order valence-corrected chi connectivity index (χ2v) is 6.15. The number of aromatic nitrogens is 1. The van der Waals surface area contributed by atoms with Gasteiger partial charge in [-0.15, -0.1) is 11.8 Å². The lowest BCUT2D eigenvalue weighted by Crippen LogP contribution is -2.50. The van der Waals surface area contributed by atoms with E-state index < -0.39 is 24.1 Å². The molecule has 0 spiro atoms. The van der Waals surface area contributed by atoms with Crippen molar-refractivity contribution in [2.75, 3.05) is 5.75 Å². The van der Waals surface area contributed by atoms with E-state index in [1.54, 1.807) is 20.0 Å². The summed E-state index contributed by atoms with van der Waals surface area (Å²) in [6.07, 6.45) is 2.28. The van der Waals surface area contributed by atoms with Crippen LogP contribution < -0.4 is 5.32 Å². The summed E-state index contributed by atoms with van der Waals surface area (Å²) in [5.74, 6) is 0.506. The third kappa shape index (κ3) is 3.31. The van der Waals surface area contributed by atoms with Crippen molar-refractivity contribution in [2.24, 2.45) is 0 Å². The normalized spacial score (nSPS) is 23.1. The monoisotopic (exact) mass is 313 g/mol. The van der Waals surface area contributed by atoms with E-state index >= 15 is 0 Å². The number of aryl methyl sites for hydroxylation is 1. The van der Waals surface area contributed by atoms with Crippen LogP contribution in [0.5, 0.6) is 0 Å². The Labute approximate surface area is 127 Å². The molecule has 8 heteroatoms. The van der Waals surface area contributed by atoms with E-state index in [1.165, 1.54) is 16.7 Å². The van der Waals surface area contributed by atoms with Crippen molar-refractivity contribution in [3.05, 3.63) is 17.8 Å². The van der Waals surface area contributed by atoms with Gasteiger partial charge in [0.1, 0.15) is 17.8 Å². The molecule has 7 nitrogen and oxygen atoms in total. The third-order valence-corrected chi connectivity index (χ3v) is 4.76. The smallest absolute Gasteiger partial charge is 0.327 e. The van der Waals surface area contributed by atoms with Gasteiger partial charge in [0.25, 0.3) is 0 Å². The molecule has 1 aliphatic rings. The number of rotatable bonds is 4. The maximum Gasteiger partial charge on any atom is 0.327 e. The van der Waals surface area contributed by atoms with Crippen LogP contribution in [0.1, 0.15) is 38.0 Å². The Balaban J connectivity index is 2.08. The first-order chi connectivity index (χ1) is 9.93. The van der Waals surface area contributed by atoms with Crippen LogP contribution in [0.25, 0.3) is 0 Å². The molecular formula is C13H19N3O4S. The van der Waals surface area contributed by atoms with Crippen LogP contribution in [0, 0.1) is 6.92 Å². The topological polar surface area (TPSA) is 95.7 Å². The Hall–Kier alpha value is -1.70. The summed E-state index contributed by atoms with van der Waals surface area (Å²) >= 11 is 1.49. The number of aliphatic carboxylic acids is 1. The Morgan fingerprint density at radius 2 is 2.38 bits per heavy atom. The first-order valence-electron chi connectivity index (χ1n) is 6.79. The summed E-state index contributed by atoms with van der Waals surface area (Å²) in [5, 5.41) is 11.9. The van der Waals surface area contributed by atoms with Crippen LogP contribution >= 0.6 is 11.8 Å². The predicted molar refractivity (Wildman–Crippen MR) is 78.0 cm³/mol. The van der Waals surface area contributed by atoms with Crippen LogP contribution in [-0.4, -0.2) is 44.2 Å². The van der Waals surface area contributed by atoms with Gasteiger partial charge in [0.2, 0.25) is 5.89 Å². The number of carboxylic acid groups (broad SMARTS) is 1. The number of nitrogens with zero attached hydrogens (tertiary/aromatic N) is 2. The molecule has 1 aliphatic heterocycles. The Kier molecular flexibility index (Phi) is 4.76. The molecule has 2 rings (SSSR count). The van der Waals surface area contributed by atoms with Crippen molar-refractivity contribution in [3.8, 4) is 0 Å². The largest absolute Gasteiger partial charge is 0.480 e. The maximum absolute atomic E-state index is 12.4. The first kappa shape index (κ1) is 15.7. The minimum absolute atomic E-state index is 0.121. The number of carboxylic acids is 1. The molecular weight excluding hydrogens is 294 g/mol. The highest BCUT2D eigenvalue weighted by atomic mass is 32.2. The fourth-order valence-corrected chi connectivity index (χ4v) is 3.58. The molecule has 1 aromatic rings. The van der Waals surface area contributed by atoms with Gasteiger partial charge in [-0.05, 0) is 20.3 Å². The molecule has 0 radical (unpaired) electrons. The number of hydrogen-bond donors (Lipinski definition) is 2. The van der Waals surface area contributed by atoms with E-state index in [-0.39, 0.29) is 5.37 Å². The van der Waals surface area contributed by atoms with Gasteiger partial charge >= 0.3 is 12.0 Å². The van der Waals surface area contributed by atoms with Crippen LogP contribution in [0.4, 0.5) is 4.79 Å². The zero-order valence-corrected chi connectivity index (χ0v) is 13.0. The molecule has 0 bridgehead atoms. The minimum Gasteiger partial charge on any atom is -0.480 e. The van der Waals surface area contributed by atoms with Gasteiger partial charge in [-0.25, -0.2) is 14.6 Å². The van der Waals surface area contributed by atoms with Gasteiger partial charge in [-0.3, -0.25) is 4.90 Å². The standard InChI is InChI=1S/C13H19N3O4S/c1-4-10-16(9(6-21-10)12(17)18)13(19)15-8(3)11-14-5-7(2)20-11/h5,8-10H,4,6H2,1-3H3,(H,15,19)(H,17,18). The summed E-state index contributed by atoms with van der Waals surface area (Å²) in [4.78, 5) is 29.1. The van der Waals surface area contributed by atoms with Gasteiger partial charge in [0.15, 0.2) is 0 Å². The van der Waals surface area contributed by atoms with Gasteiger partial charge in [0.05, 0.1) is 11.6 Å². The number of oxazole rings is 1. The number of carbonyl (C=O) groups excluding carboxylic acids is 1. The fraction of sp³-hybridized carbons (Fsp3) is 0.615. The average molecular weight is 313 g/mol. The van der Waals surface area contributed by atoms with Gasteiger partial charge in [-0.1, -0.05) is 6.92 Å². The summed E-state index contributed by atoms with van der Waals surface area (Å²) in [6, 6.07) is -1.61. The van der Waals surface area contributed by atoms with Crippen molar-refractivity contribution in [1.82, 2.24) is 15.2 Å². The first-order valence-corrected chi connectivity index (χ1v) is 7.84. The molecule has 3 unspecified atom stereocenters. The van der Waals surface area contributed by atoms with Crippen LogP contribution in [0.3, 0.4) is 0 Å². The number of hydrogen-bond acceptors (Lipinski definition) is 5. The molecule has 116 valence electrons. The van der Waals surface area contributed by atoms with E-state index in [1.807, 2.05) is 6.92 Å². The molecule has 0 aliphatic carbocycles. The number of urea groups is 1. The molecule has 1 saturated heterocycles. The zero-order chi connectivity index (χ0) is 15.6. The van der Waals surface area contributed by atoms with E-state index in [0.717, 1.165) is 0 Å². The lowest BCUT2D eigenvalue weighted by molar-refractivity contribution is -0.141. The van der Waals surface area contributed by atoms with Crippen LogP contribution in [-0.2, 0) is 4.79 Å². The predicted octanol–water partition coefficient (Wildman–Crippen LogP) is 1.99. The Morgan fingerprint density at radius 3 is 2.90 bits per heavy atom. The Bertz CT molecular complexity index is 533. The second kappa shape index (κ2) is 6.38. The number of thioether (sulfide) groups is 1. The van der Waals surface area contributed by atoms with Gasteiger partial charge in [0, 0.05) is 5.75 Å². The molecule has 0 aromatic carbocycles. The van der Waals surface area contributed by atoms with Crippen molar-refractivity contribution in [1.29, 1.82) is 0 Å². The third-order valence-electron chi connectivity index (χ3n) is 3.31. The SMILES string of the molecule is CCC1SCC(C(=O)O)N1C(=O)NC(C)c1ncc(C)o1. The van der Waals surface area contributed by atoms with E-state index in [4.69, 9.17) is 4.42 Å². The number of amides is 2. The molecule has 3 atom stereocenters. The minimum atomic E-state index is -0.978.